The first-order valence-corrected chi connectivity index (χ1v) is 8.60. The Morgan fingerprint density at radius 2 is 2.00 bits per heavy atom. The highest BCUT2D eigenvalue weighted by Crippen LogP contribution is 2.20. The van der Waals surface area contributed by atoms with Gasteiger partial charge >= 0.3 is 5.69 Å². The number of pyridine rings is 1. The molecule has 0 saturated carbocycles. The molecule has 2 aromatic heterocycles. The van der Waals surface area contributed by atoms with Crippen LogP contribution in [0.2, 0.25) is 0 Å². The second kappa shape index (κ2) is 7.15. The number of aromatic nitrogens is 3. The van der Waals surface area contributed by atoms with Crippen molar-refractivity contribution in [2.24, 2.45) is 14.1 Å². The minimum absolute atomic E-state index is 0.0163. The standard InChI is InChI=1S/C18H23N5O3/c1-20(17(25)14-11-16(24)22(3)18(26)21(14)2)13-7-6-10-23(12-13)15-8-4-5-9-19-15/h4-5,8-9,11,13H,6-7,10,12H2,1-3H3/t13-/m1/s1. The minimum atomic E-state index is -0.506. The van der Waals surface area contributed by atoms with E-state index in [1.807, 2.05) is 18.2 Å². The minimum Gasteiger partial charge on any atom is -0.355 e. The smallest absolute Gasteiger partial charge is 0.331 e. The van der Waals surface area contributed by atoms with Crippen LogP contribution < -0.4 is 16.1 Å². The third kappa shape index (κ3) is 3.26. The predicted octanol–water partition coefficient (Wildman–Crippen LogP) is 0.220. The molecule has 3 heterocycles. The van der Waals surface area contributed by atoms with E-state index >= 15 is 0 Å². The Hall–Kier alpha value is -2.90. The van der Waals surface area contributed by atoms with Crippen LogP contribution in [-0.4, -0.2) is 51.1 Å². The van der Waals surface area contributed by atoms with Gasteiger partial charge in [-0.2, -0.15) is 0 Å². The van der Waals surface area contributed by atoms with Gasteiger partial charge in [0, 0.05) is 52.5 Å². The van der Waals surface area contributed by atoms with Crippen molar-refractivity contribution in [1.29, 1.82) is 0 Å². The number of amides is 1. The molecule has 8 heteroatoms. The van der Waals surface area contributed by atoms with Crippen molar-refractivity contribution in [3.05, 3.63) is 57.0 Å². The number of carbonyl (C=O) groups is 1. The first kappa shape index (κ1) is 17.9. The summed E-state index contributed by atoms with van der Waals surface area (Å²) in [5, 5.41) is 0. The van der Waals surface area contributed by atoms with E-state index < -0.39 is 11.2 Å². The molecule has 1 amide bonds. The van der Waals surface area contributed by atoms with Crippen LogP contribution in [0.1, 0.15) is 23.3 Å². The Bertz CT molecular complexity index is 919. The van der Waals surface area contributed by atoms with Crippen LogP contribution in [0.3, 0.4) is 0 Å². The number of hydrogen-bond donors (Lipinski definition) is 0. The quantitative estimate of drug-likeness (QED) is 0.785. The lowest BCUT2D eigenvalue weighted by atomic mass is 10.0. The molecule has 1 aliphatic heterocycles. The first-order chi connectivity index (χ1) is 12.4. The molecule has 0 N–H and O–H groups in total. The summed E-state index contributed by atoms with van der Waals surface area (Å²) < 4.78 is 2.21. The van der Waals surface area contributed by atoms with E-state index in [2.05, 4.69) is 9.88 Å². The lowest BCUT2D eigenvalue weighted by Crippen LogP contribution is -2.50. The van der Waals surface area contributed by atoms with Crippen molar-refractivity contribution in [2.75, 3.05) is 25.0 Å². The van der Waals surface area contributed by atoms with E-state index in [9.17, 15) is 14.4 Å². The summed E-state index contributed by atoms with van der Waals surface area (Å²) in [6.45, 7) is 1.55. The summed E-state index contributed by atoms with van der Waals surface area (Å²) in [6, 6.07) is 6.97. The van der Waals surface area contributed by atoms with Gasteiger partial charge in [0.1, 0.15) is 11.5 Å². The van der Waals surface area contributed by atoms with Crippen LogP contribution in [0, 0.1) is 0 Å². The van der Waals surface area contributed by atoms with Gasteiger partial charge < -0.3 is 9.80 Å². The number of carbonyl (C=O) groups excluding carboxylic acids is 1. The van der Waals surface area contributed by atoms with E-state index in [1.165, 1.54) is 24.7 Å². The van der Waals surface area contributed by atoms with Gasteiger partial charge in [0.15, 0.2) is 0 Å². The number of likely N-dealkylation sites (N-methyl/N-ethyl adjacent to an activating group) is 1. The van der Waals surface area contributed by atoms with Gasteiger partial charge in [-0.25, -0.2) is 9.78 Å². The second-order valence-corrected chi connectivity index (χ2v) is 6.61. The average molecular weight is 357 g/mol. The molecule has 1 atom stereocenters. The summed E-state index contributed by atoms with van der Waals surface area (Å²) in [5.74, 6) is 0.564. The number of nitrogens with zero attached hydrogens (tertiary/aromatic N) is 5. The molecule has 1 aliphatic rings. The molecule has 0 unspecified atom stereocenters. The lowest BCUT2D eigenvalue weighted by molar-refractivity contribution is 0.0705. The van der Waals surface area contributed by atoms with Gasteiger partial charge in [-0.15, -0.1) is 0 Å². The largest absolute Gasteiger partial charge is 0.355 e. The highest BCUT2D eigenvalue weighted by atomic mass is 16.2. The molecule has 0 bridgehead atoms. The summed E-state index contributed by atoms with van der Waals surface area (Å²) in [4.78, 5) is 45.1. The van der Waals surface area contributed by atoms with Crippen molar-refractivity contribution < 1.29 is 4.79 Å². The molecule has 26 heavy (non-hydrogen) atoms. The summed E-state index contributed by atoms with van der Waals surface area (Å²) >= 11 is 0. The van der Waals surface area contributed by atoms with E-state index in [-0.39, 0.29) is 17.6 Å². The Balaban J connectivity index is 1.83. The molecule has 1 fully saturated rings. The van der Waals surface area contributed by atoms with Crippen LogP contribution in [0.15, 0.2) is 40.1 Å². The maximum atomic E-state index is 12.9. The molecule has 0 radical (unpaired) electrons. The van der Waals surface area contributed by atoms with Crippen molar-refractivity contribution in [2.45, 2.75) is 18.9 Å². The highest BCUT2D eigenvalue weighted by Gasteiger charge is 2.28. The van der Waals surface area contributed by atoms with Crippen molar-refractivity contribution in [1.82, 2.24) is 19.0 Å². The van der Waals surface area contributed by atoms with Crippen LogP contribution in [0.4, 0.5) is 5.82 Å². The van der Waals surface area contributed by atoms with Gasteiger partial charge in [0.2, 0.25) is 0 Å². The summed E-state index contributed by atoms with van der Waals surface area (Å²) in [7, 11) is 4.62. The fraction of sp³-hybridized carbons (Fsp3) is 0.444. The molecular formula is C18H23N5O3. The van der Waals surface area contributed by atoms with Crippen LogP contribution in [-0.2, 0) is 14.1 Å². The third-order valence-electron chi connectivity index (χ3n) is 4.98. The molecule has 138 valence electrons. The normalized spacial score (nSPS) is 17.2. The number of rotatable bonds is 3. The third-order valence-corrected chi connectivity index (χ3v) is 4.98. The first-order valence-electron chi connectivity index (χ1n) is 8.60. The summed E-state index contributed by atoms with van der Waals surface area (Å²) in [5.41, 5.74) is -0.882. The molecule has 8 nitrogen and oxygen atoms in total. The zero-order valence-electron chi connectivity index (χ0n) is 15.3. The SMILES string of the molecule is CN(C(=O)c1cc(=O)n(C)c(=O)n1C)[C@@H]1CCCN(c2ccccn2)C1. The van der Waals surface area contributed by atoms with E-state index in [0.29, 0.717) is 6.54 Å². The topological polar surface area (TPSA) is 80.4 Å². The van der Waals surface area contributed by atoms with Gasteiger partial charge in [0.05, 0.1) is 0 Å². The number of anilines is 1. The predicted molar refractivity (Wildman–Crippen MR) is 98.5 cm³/mol. The molecule has 2 aromatic rings. The molecule has 0 aliphatic carbocycles. The fourth-order valence-electron chi connectivity index (χ4n) is 3.30. The monoisotopic (exact) mass is 357 g/mol. The van der Waals surface area contributed by atoms with Gasteiger partial charge in [-0.1, -0.05) is 6.07 Å². The Kier molecular flexibility index (Phi) is 4.92. The number of piperidine rings is 1. The zero-order chi connectivity index (χ0) is 18.8. The lowest BCUT2D eigenvalue weighted by Gasteiger charge is -2.38. The van der Waals surface area contributed by atoms with E-state index in [0.717, 1.165) is 29.8 Å². The second-order valence-electron chi connectivity index (χ2n) is 6.61. The highest BCUT2D eigenvalue weighted by molar-refractivity contribution is 5.92. The number of hydrogen-bond acceptors (Lipinski definition) is 5. The van der Waals surface area contributed by atoms with Crippen molar-refractivity contribution in [3.63, 3.8) is 0 Å². The van der Waals surface area contributed by atoms with Gasteiger partial charge in [-0.3, -0.25) is 18.7 Å². The zero-order valence-corrected chi connectivity index (χ0v) is 15.3. The maximum Gasteiger partial charge on any atom is 0.331 e. The molecule has 1 saturated heterocycles. The van der Waals surface area contributed by atoms with Gasteiger partial charge in [-0.05, 0) is 25.0 Å². The molecule has 0 aromatic carbocycles. The van der Waals surface area contributed by atoms with E-state index in [4.69, 9.17) is 0 Å². The summed E-state index contributed by atoms with van der Waals surface area (Å²) in [6.07, 6.45) is 3.56. The van der Waals surface area contributed by atoms with Crippen LogP contribution in [0.5, 0.6) is 0 Å². The fourth-order valence-corrected chi connectivity index (χ4v) is 3.30. The molecular weight excluding hydrogens is 334 g/mol. The molecule has 3 rings (SSSR count). The van der Waals surface area contributed by atoms with Crippen LogP contribution in [0.25, 0.3) is 0 Å². The average Bonchev–Trinajstić information content (AvgIpc) is 2.68. The van der Waals surface area contributed by atoms with E-state index in [1.54, 1.807) is 18.1 Å². The Morgan fingerprint density at radius 1 is 1.23 bits per heavy atom. The van der Waals surface area contributed by atoms with Crippen molar-refractivity contribution in [3.8, 4) is 0 Å². The Morgan fingerprint density at radius 3 is 2.69 bits per heavy atom. The van der Waals surface area contributed by atoms with Crippen LogP contribution >= 0.6 is 0 Å². The Labute approximate surface area is 151 Å². The van der Waals surface area contributed by atoms with Gasteiger partial charge in [0.25, 0.3) is 11.5 Å². The van der Waals surface area contributed by atoms with Crippen molar-refractivity contribution >= 4 is 11.7 Å². The molecule has 0 spiro atoms. The maximum absolute atomic E-state index is 12.9.